The molecule has 0 aromatic heterocycles. The van der Waals surface area contributed by atoms with Gasteiger partial charge in [-0.2, -0.15) is 0 Å². The van der Waals surface area contributed by atoms with Crippen molar-refractivity contribution in [1.29, 1.82) is 0 Å². The van der Waals surface area contributed by atoms with Crippen LogP contribution in [0.1, 0.15) is 164 Å². The standard InChI is InChI=1S/C33H64O4/c1-28(2)22-16-14-20-26-36-32(34)25-19-13-11-9-7-8-10-12-18-24-31(30(5)6)33(35)37-27-21-15-17-23-29(3)4/h28-31H,7-27H2,1-6H3. The first kappa shape index (κ1) is 35.9. The fraction of sp³-hybridized carbons (Fsp3) is 0.939. The monoisotopic (exact) mass is 524 g/mol. The zero-order valence-corrected chi connectivity index (χ0v) is 25.8. The zero-order valence-electron chi connectivity index (χ0n) is 25.8. The third kappa shape index (κ3) is 25.0. The van der Waals surface area contributed by atoms with E-state index in [1.807, 2.05) is 0 Å². The summed E-state index contributed by atoms with van der Waals surface area (Å²) in [7, 11) is 0. The Kier molecular flexibility index (Phi) is 24.5. The van der Waals surface area contributed by atoms with E-state index in [-0.39, 0.29) is 17.9 Å². The maximum absolute atomic E-state index is 12.5. The normalized spacial score (nSPS) is 12.5. The van der Waals surface area contributed by atoms with Crippen molar-refractivity contribution in [2.45, 2.75) is 164 Å². The predicted octanol–water partition coefficient (Wildman–Crippen LogP) is 10.1. The second kappa shape index (κ2) is 25.2. The molecule has 0 spiro atoms. The molecule has 0 aliphatic heterocycles. The topological polar surface area (TPSA) is 52.6 Å². The molecule has 0 N–H and O–H groups in total. The molecule has 0 aromatic carbocycles. The molecule has 0 aliphatic carbocycles. The fourth-order valence-electron chi connectivity index (χ4n) is 4.80. The average Bonchev–Trinajstić information content (AvgIpc) is 2.83. The Morgan fingerprint density at radius 1 is 0.486 bits per heavy atom. The lowest BCUT2D eigenvalue weighted by Crippen LogP contribution is -2.23. The second-order valence-electron chi connectivity index (χ2n) is 12.4. The molecule has 4 nitrogen and oxygen atoms in total. The van der Waals surface area contributed by atoms with E-state index in [4.69, 9.17) is 9.47 Å². The van der Waals surface area contributed by atoms with Crippen LogP contribution in [0.2, 0.25) is 0 Å². The molecule has 220 valence electrons. The third-order valence-corrected chi connectivity index (χ3v) is 7.36. The van der Waals surface area contributed by atoms with Gasteiger partial charge >= 0.3 is 11.9 Å². The minimum atomic E-state index is -0.0194. The number of unbranched alkanes of at least 4 members (excludes halogenated alkanes) is 12. The first-order valence-corrected chi connectivity index (χ1v) is 16.1. The zero-order chi connectivity index (χ0) is 27.7. The van der Waals surface area contributed by atoms with Gasteiger partial charge in [0, 0.05) is 6.42 Å². The highest BCUT2D eigenvalue weighted by atomic mass is 16.5. The lowest BCUT2D eigenvalue weighted by atomic mass is 9.90. The van der Waals surface area contributed by atoms with E-state index in [9.17, 15) is 9.59 Å². The second-order valence-corrected chi connectivity index (χ2v) is 12.4. The summed E-state index contributed by atoms with van der Waals surface area (Å²) in [6.45, 7) is 14.5. The predicted molar refractivity (Wildman–Crippen MR) is 158 cm³/mol. The van der Waals surface area contributed by atoms with E-state index in [0.29, 0.717) is 25.6 Å². The first-order chi connectivity index (χ1) is 17.7. The van der Waals surface area contributed by atoms with Crippen LogP contribution < -0.4 is 0 Å². The summed E-state index contributed by atoms with van der Waals surface area (Å²) in [5.41, 5.74) is 0. The van der Waals surface area contributed by atoms with E-state index in [0.717, 1.165) is 63.2 Å². The van der Waals surface area contributed by atoms with Crippen LogP contribution in [-0.4, -0.2) is 25.2 Å². The molecular formula is C33H64O4. The summed E-state index contributed by atoms with van der Waals surface area (Å²) >= 11 is 0. The van der Waals surface area contributed by atoms with E-state index in [1.165, 1.54) is 64.2 Å². The highest BCUT2D eigenvalue weighted by Crippen LogP contribution is 2.22. The SMILES string of the molecule is CC(C)CCCCCOC(=O)CCCCCCCCCCCC(C(=O)OCCCCCC(C)C)C(C)C. The summed E-state index contributed by atoms with van der Waals surface area (Å²) in [5.74, 6) is 1.92. The van der Waals surface area contributed by atoms with Gasteiger partial charge in [0.2, 0.25) is 0 Å². The Morgan fingerprint density at radius 3 is 1.38 bits per heavy atom. The van der Waals surface area contributed by atoms with Gasteiger partial charge in [-0.05, 0) is 43.4 Å². The van der Waals surface area contributed by atoms with Gasteiger partial charge < -0.3 is 9.47 Å². The molecule has 0 rings (SSSR count). The largest absolute Gasteiger partial charge is 0.466 e. The van der Waals surface area contributed by atoms with Crippen LogP contribution in [0.3, 0.4) is 0 Å². The van der Waals surface area contributed by atoms with Crippen LogP contribution in [-0.2, 0) is 19.1 Å². The Bertz CT molecular complexity index is 526. The van der Waals surface area contributed by atoms with Gasteiger partial charge in [-0.25, -0.2) is 0 Å². The summed E-state index contributed by atoms with van der Waals surface area (Å²) in [6.07, 6.45) is 21.5. The van der Waals surface area contributed by atoms with Gasteiger partial charge in [-0.15, -0.1) is 0 Å². The summed E-state index contributed by atoms with van der Waals surface area (Å²) in [6, 6.07) is 0. The Hall–Kier alpha value is -1.06. The molecule has 0 bridgehead atoms. The molecule has 4 heteroatoms. The molecule has 0 amide bonds. The minimum Gasteiger partial charge on any atom is -0.466 e. The van der Waals surface area contributed by atoms with Crippen LogP contribution in [0.5, 0.6) is 0 Å². The van der Waals surface area contributed by atoms with Crippen LogP contribution in [0.4, 0.5) is 0 Å². The highest BCUT2D eigenvalue weighted by Gasteiger charge is 2.23. The fourth-order valence-corrected chi connectivity index (χ4v) is 4.80. The lowest BCUT2D eigenvalue weighted by molar-refractivity contribution is -0.150. The van der Waals surface area contributed by atoms with Gasteiger partial charge in [0.1, 0.15) is 0 Å². The maximum Gasteiger partial charge on any atom is 0.309 e. The quantitative estimate of drug-likeness (QED) is 0.0834. The highest BCUT2D eigenvalue weighted by molar-refractivity contribution is 5.72. The molecule has 0 radical (unpaired) electrons. The van der Waals surface area contributed by atoms with Crippen LogP contribution in [0, 0.1) is 23.7 Å². The molecule has 0 heterocycles. The molecule has 1 unspecified atom stereocenters. The van der Waals surface area contributed by atoms with Crippen molar-refractivity contribution in [3.05, 3.63) is 0 Å². The number of hydrogen-bond acceptors (Lipinski definition) is 4. The van der Waals surface area contributed by atoms with E-state index >= 15 is 0 Å². The Balaban J connectivity index is 3.59. The average molecular weight is 525 g/mol. The van der Waals surface area contributed by atoms with Gasteiger partial charge in [0.25, 0.3) is 0 Å². The number of ether oxygens (including phenoxy) is 2. The van der Waals surface area contributed by atoms with Gasteiger partial charge in [-0.3, -0.25) is 9.59 Å². The van der Waals surface area contributed by atoms with Crippen molar-refractivity contribution in [3.8, 4) is 0 Å². The molecule has 1 atom stereocenters. The number of carbonyl (C=O) groups excluding carboxylic acids is 2. The number of hydrogen-bond donors (Lipinski definition) is 0. The van der Waals surface area contributed by atoms with Gasteiger partial charge in [-0.1, -0.05) is 131 Å². The first-order valence-electron chi connectivity index (χ1n) is 16.1. The molecular weight excluding hydrogens is 460 g/mol. The molecule has 0 saturated carbocycles. The van der Waals surface area contributed by atoms with Crippen molar-refractivity contribution in [3.63, 3.8) is 0 Å². The minimum absolute atomic E-state index is 0.0179. The van der Waals surface area contributed by atoms with Crippen molar-refractivity contribution >= 4 is 11.9 Å². The number of esters is 2. The van der Waals surface area contributed by atoms with E-state index < -0.39 is 0 Å². The van der Waals surface area contributed by atoms with Crippen LogP contribution in [0.15, 0.2) is 0 Å². The molecule has 0 fully saturated rings. The Morgan fingerprint density at radius 2 is 0.892 bits per heavy atom. The van der Waals surface area contributed by atoms with Crippen molar-refractivity contribution < 1.29 is 19.1 Å². The summed E-state index contributed by atoms with van der Waals surface area (Å²) in [4.78, 5) is 24.3. The van der Waals surface area contributed by atoms with Gasteiger partial charge in [0.05, 0.1) is 19.1 Å². The molecule has 0 aromatic rings. The van der Waals surface area contributed by atoms with E-state index in [1.54, 1.807) is 0 Å². The van der Waals surface area contributed by atoms with Crippen molar-refractivity contribution in [1.82, 2.24) is 0 Å². The van der Waals surface area contributed by atoms with E-state index in [2.05, 4.69) is 41.5 Å². The molecule has 0 aliphatic rings. The summed E-state index contributed by atoms with van der Waals surface area (Å²) in [5, 5.41) is 0. The lowest BCUT2D eigenvalue weighted by Gasteiger charge is -2.19. The maximum atomic E-state index is 12.5. The molecule has 0 saturated heterocycles. The molecule has 37 heavy (non-hydrogen) atoms. The Labute approximate surface area is 231 Å². The van der Waals surface area contributed by atoms with Gasteiger partial charge in [0.15, 0.2) is 0 Å². The summed E-state index contributed by atoms with van der Waals surface area (Å²) < 4.78 is 11.0. The van der Waals surface area contributed by atoms with Crippen molar-refractivity contribution in [2.24, 2.45) is 23.7 Å². The number of rotatable bonds is 26. The number of carbonyl (C=O) groups is 2. The smallest absolute Gasteiger partial charge is 0.309 e. The van der Waals surface area contributed by atoms with Crippen molar-refractivity contribution in [2.75, 3.05) is 13.2 Å². The third-order valence-electron chi connectivity index (χ3n) is 7.36. The van der Waals surface area contributed by atoms with Crippen LogP contribution in [0.25, 0.3) is 0 Å². The van der Waals surface area contributed by atoms with Crippen LogP contribution >= 0.6 is 0 Å².